The van der Waals surface area contributed by atoms with Crippen LogP contribution in [0.2, 0.25) is 5.02 Å². The second-order valence-corrected chi connectivity index (χ2v) is 5.56. The summed E-state index contributed by atoms with van der Waals surface area (Å²) in [6.45, 7) is 1.48. The molecule has 0 spiro atoms. The average Bonchev–Trinajstić information content (AvgIpc) is 2.96. The Labute approximate surface area is 134 Å². The fourth-order valence-corrected chi connectivity index (χ4v) is 2.97. The molecule has 0 bridgehead atoms. The molecule has 0 fully saturated rings. The van der Waals surface area contributed by atoms with Gasteiger partial charge >= 0.3 is 5.97 Å². The molecule has 3 rings (SSSR count). The molecule has 0 aliphatic carbocycles. The van der Waals surface area contributed by atoms with E-state index in [0.29, 0.717) is 17.1 Å². The lowest BCUT2D eigenvalue weighted by Crippen LogP contribution is -2.14. The molecule has 0 atom stereocenters. The standard InChI is InChI=1S/C17H16ClNO3/c1-21-14-5-6-16(15(18)8-14)19-9-12-4-3-11(17(20)22-2)7-13(12)10-19/h3-8H,9-10H2,1-2H3. The first-order valence-corrected chi connectivity index (χ1v) is 7.29. The first-order chi connectivity index (χ1) is 10.6. The van der Waals surface area contributed by atoms with E-state index >= 15 is 0 Å². The summed E-state index contributed by atoms with van der Waals surface area (Å²) in [5.41, 5.74) is 3.84. The molecule has 1 aliphatic rings. The summed E-state index contributed by atoms with van der Waals surface area (Å²) in [5, 5.41) is 0.653. The molecule has 0 radical (unpaired) electrons. The van der Waals surface area contributed by atoms with Crippen LogP contribution in [0.5, 0.6) is 5.75 Å². The number of halogens is 1. The number of anilines is 1. The van der Waals surface area contributed by atoms with E-state index in [1.54, 1.807) is 19.2 Å². The van der Waals surface area contributed by atoms with Gasteiger partial charge in [0.15, 0.2) is 0 Å². The highest BCUT2D eigenvalue weighted by Crippen LogP contribution is 2.35. The fourth-order valence-electron chi connectivity index (χ4n) is 2.68. The summed E-state index contributed by atoms with van der Waals surface area (Å²) in [4.78, 5) is 13.8. The van der Waals surface area contributed by atoms with Crippen LogP contribution in [0, 0.1) is 0 Å². The quantitative estimate of drug-likeness (QED) is 0.810. The van der Waals surface area contributed by atoms with Crippen molar-refractivity contribution in [3.05, 3.63) is 58.1 Å². The third-order valence-corrected chi connectivity index (χ3v) is 4.15. The molecule has 0 saturated carbocycles. The van der Waals surface area contributed by atoms with Crippen molar-refractivity contribution in [3.63, 3.8) is 0 Å². The van der Waals surface area contributed by atoms with E-state index < -0.39 is 0 Å². The minimum atomic E-state index is -0.316. The normalized spacial score (nSPS) is 13.0. The molecule has 4 nitrogen and oxygen atoms in total. The number of methoxy groups -OCH3 is 2. The van der Waals surface area contributed by atoms with Crippen molar-refractivity contribution in [2.45, 2.75) is 13.1 Å². The Hall–Kier alpha value is -2.20. The number of ether oxygens (including phenoxy) is 2. The summed E-state index contributed by atoms with van der Waals surface area (Å²) in [7, 11) is 3.00. The van der Waals surface area contributed by atoms with Crippen molar-refractivity contribution in [3.8, 4) is 5.75 Å². The van der Waals surface area contributed by atoms with Gasteiger partial charge in [0.25, 0.3) is 0 Å². The third kappa shape index (κ3) is 2.62. The van der Waals surface area contributed by atoms with Crippen LogP contribution in [0.3, 0.4) is 0 Å². The second kappa shape index (κ2) is 5.89. The van der Waals surface area contributed by atoms with Crippen LogP contribution in [0.15, 0.2) is 36.4 Å². The Balaban J connectivity index is 1.86. The number of rotatable bonds is 3. The molecular weight excluding hydrogens is 302 g/mol. The van der Waals surface area contributed by atoms with Gasteiger partial charge in [-0.05, 0) is 35.4 Å². The Morgan fingerprint density at radius 1 is 1.09 bits per heavy atom. The van der Waals surface area contributed by atoms with E-state index in [1.165, 1.54) is 12.7 Å². The van der Waals surface area contributed by atoms with Crippen molar-refractivity contribution in [1.82, 2.24) is 0 Å². The van der Waals surface area contributed by atoms with Crippen LogP contribution in [0.25, 0.3) is 0 Å². The van der Waals surface area contributed by atoms with Crippen molar-refractivity contribution >= 4 is 23.3 Å². The van der Waals surface area contributed by atoms with Crippen molar-refractivity contribution in [2.75, 3.05) is 19.1 Å². The summed E-state index contributed by atoms with van der Waals surface area (Å²) < 4.78 is 9.94. The lowest BCUT2D eigenvalue weighted by atomic mass is 10.1. The van der Waals surface area contributed by atoms with Crippen LogP contribution >= 0.6 is 11.6 Å². The maximum Gasteiger partial charge on any atom is 0.337 e. The largest absolute Gasteiger partial charge is 0.497 e. The van der Waals surface area contributed by atoms with Gasteiger partial charge in [-0.1, -0.05) is 17.7 Å². The molecule has 22 heavy (non-hydrogen) atoms. The first kappa shape index (κ1) is 14.7. The van der Waals surface area contributed by atoms with Crippen LogP contribution in [-0.2, 0) is 17.8 Å². The van der Waals surface area contributed by atoms with E-state index in [1.807, 2.05) is 24.3 Å². The zero-order chi connectivity index (χ0) is 15.7. The minimum absolute atomic E-state index is 0.316. The lowest BCUT2D eigenvalue weighted by Gasteiger charge is -2.19. The van der Waals surface area contributed by atoms with Gasteiger partial charge in [0.1, 0.15) is 5.75 Å². The van der Waals surface area contributed by atoms with Crippen molar-refractivity contribution in [2.24, 2.45) is 0 Å². The van der Waals surface area contributed by atoms with Crippen molar-refractivity contribution in [1.29, 1.82) is 0 Å². The predicted octanol–water partition coefficient (Wildman–Crippen LogP) is 3.66. The van der Waals surface area contributed by atoms with E-state index in [0.717, 1.165) is 23.5 Å². The maximum atomic E-state index is 11.6. The number of nitrogens with zero attached hydrogens (tertiary/aromatic N) is 1. The summed E-state index contributed by atoms with van der Waals surface area (Å²) >= 11 is 6.34. The molecular formula is C17H16ClNO3. The zero-order valence-corrected chi connectivity index (χ0v) is 13.2. The van der Waals surface area contributed by atoms with Gasteiger partial charge in [-0.15, -0.1) is 0 Å². The lowest BCUT2D eigenvalue weighted by molar-refractivity contribution is 0.0600. The van der Waals surface area contributed by atoms with Crippen LogP contribution in [-0.4, -0.2) is 20.2 Å². The number of hydrogen-bond acceptors (Lipinski definition) is 4. The van der Waals surface area contributed by atoms with Crippen LogP contribution in [0.1, 0.15) is 21.5 Å². The third-order valence-electron chi connectivity index (χ3n) is 3.85. The van der Waals surface area contributed by atoms with Crippen LogP contribution in [0.4, 0.5) is 5.69 Å². The first-order valence-electron chi connectivity index (χ1n) is 6.91. The Morgan fingerprint density at radius 3 is 2.55 bits per heavy atom. The number of hydrogen-bond donors (Lipinski definition) is 0. The summed E-state index contributed by atoms with van der Waals surface area (Å²) in [6.07, 6.45) is 0. The molecule has 0 N–H and O–H groups in total. The van der Waals surface area contributed by atoms with E-state index in [2.05, 4.69) is 4.90 Å². The highest BCUT2D eigenvalue weighted by Gasteiger charge is 2.22. The molecule has 2 aromatic rings. The fraction of sp³-hybridized carbons (Fsp3) is 0.235. The Kier molecular flexibility index (Phi) is 3.94. The predicted molar refractivity (Wildman–Crippen MR) is 85.7 cm³/mol. The molecule has 5 heteroatoms. The number of carbonyl (C=O) groups is 1. The monoisotopic (exact) mass is 317 g/mol. The van der Waals surface area contributed by atoms with Gasteiger partial charge in [-0.2, -0.15) is 0 Å². The van der Waals surface area contributed by atoms with E-state index in [-0.39, 0.29) is 5.97 Å². The Morgan fingerprint density at radius 2 is 1.86 bits per heavy atom. The molecule has 0 unspecified atom stereocenters. The molecule has 2 aromatic carbocycles. The molecule has 0 aromatic heterocycles. The van der Waals surface area contributed by atoms with Crippen LogP contribution < -0.4 is 9.64 Å². The van der Waals surface area contributed by atoms with Crippen molar-refractivity contribution < 1.29 is 14.3 Å². The molecule has 1 aliphatic heterocycles. The SMILES string of the molecule is COC(=O)c1ccc2c(c1)CN(c1ccc(OC)cc1Cl)C2. The highest BCUT2D eigenvalue weighted by atomic mass is 35.5. The summed E-state index contributed by atoms with van der Waals surface area (Å²) in [5.74, 6) is 0.419. The molecule has 114 valence electrons. The van der Waals surface area contributed by atoms with E-state index in [9.17, 15) is 4.79 Å². The molecule has 0 saturated heterocycles. The highest BCUT2D eigenvalue weighted by molar-refractivity contribution is 6.33. The zero-order valence-electron chi connectivity index (χ0n) is 12.4. The van der Waals surface area contributed by atoms with Gasteiger partial charge in [0.05, 0.1) is 30.5 Å². The van der Waals surface area contributed by atoms with Gasteiger partial charge in [-0.3, -0.25) is 0 Å². The number of fused-ring (bicyclic) bond motifs is 1. The van der Waals surface area contributed by atoms with Gasteiger partial charge < -0.3 is 14.4 Å². The topological polar surface area (TPSA) is 38.8 Å². The summed E-state index contributed by atoms with van der Waals surface area (Å²) in [6, 6.07) is 11.3. The Bertz CT molecular complexity index is 730. The van der Waals surface area contributed by atoms with Gasteiger partial charge in [0, 0.05) is 19.2 Å². The average molecular weight is 318 g/mol. The second-order valence-electron chi connectivity index (χ2n) is 5.15. The number of benzene rings is 2. The molecule has 1 heterocycles. The molecule has 0 amide bonds. The minimum Gasteiger partial charge on any atom is -0.497 e. The number of esters is 1. The van der Waals surface area contributed by atoms with Gasteiger partial charge in [0.2, 0.25) is 0 Å². The maximum absolute atomic E-state index is 11.6. The smallest absolute Gasteiger partial charge is 0.337 e. The number of carbonyl (C=O) groups excluding carboxylic acids is 1. The van der Waals surface area contributed by atoms with E-state index in [4.69, 9.17) is 21.1 Å². The van der Waals surface area contributed by atoms with Gasteiger partial charge in [-0.25, -0.2) is 4.79 Å².